The highest BCUT2D eigenvalue weighted by Crippen LogP contribution is 2.53. The van der Waals surface area contributed by atoms with E-state index in [1.807, 2.05) is 12.1 Å². The Labute approximate surface area is 145 Å². The second kappa shape index (κ2) is 8.23. The topological polar surface area (TPSA) is 40.5 Å². The third-order valence-corrected chi connectivity index (χ3v) is 5.51. The molecule has 4 saturated carbocycles. The molecular formula is C22H28O2. The summed E-state index contributed by atoms with van der Waals surface area (Å²) < 4.78 is 0. The first kappa shape index (κ1) is 16.9. The van der Waals surface area contributed by atoms with Gasteiger partial charge in [0.05, 0.1) is 0 Å². The summed E-state index contributed by atoms with van der Waals surface area (Å²) in [6.07, 6.45) is 9.62. The fourth-order valence-electron chi connectivity index (χ4n) is 4.84. The Morgan fingerprint density at radius 3 is 0.875 bits per heavy atom. The second-order valence-electron chi connectivity index (χ2n) is 7.55. The van der Waals surface area contributed by atoms with Crippen LogP contribution in [0.25, 0.3) is 0 Å². The summed E-state index contributed by atoms with van der Waals surface area (Å²) in [5, 5.41) is 17.3. The maximum atomic E-state index is 8.63. The molecule has 4 fully saturated rings. The fraction of sp³-hybridized carbons (Fsp3) is 0.455. The standard InChI is InChI=1S/C10H16.2C6H6O/c1-7-2-9-4-8(1)5-10(3-7)6-9;2*7-6-4-2-1-3-5-6/h7-10H,1-6H2;2*1-5,7H. The number of hydrogen-bond acceptors (Lipinski definition) is 2. The van der Waals surface area contributed by atoms with Crippen LogP contribution in [0, 0.1) is 23.7 Å². The summed E-state index contributed by atoms with van der Waals surface area (Å²) in [5.74, 6) is 5.35. The Kier molecular flexibility index (Phi) is 5.79. The molecule has 2 nitrogen and oxygen atoms in total. The molecule has 128 valence electrons. The molecule has 2 aromatic rings. The summed E-state index contributed by atoms with van der Waals surface area (Å²) in [7, 11) is 0. The van der Waals surface area contributed by atoms with Gasteiger partial charge in [-0.2, -0.15) is 0 Å². The van der Waals surface area contributed by atoms with Crippen molar-refractivity contribution in [3.05, 3.63) is 60.7 Å². The van der Waals surface area contributed by atoms with Crippen LogP contribution in [0.2, 0.25) is 0 Å². The van der Waals surface area contributed by atoms with E-state index >= 15 is 0 Å². The monoisotopic (exact) mass is 324 g/mol. The first-order valence-electron chi connectivity index (χ1n) is 9.17. The van der Waals surface area contributed by atoms with E-state index in [2.05, 4.69) is 0 Å². The van der Waals surface area contributed by atoms with Gasteiger partial charge in [0.15, 0.2) is 0 Å². The van der Waals surface area contributed by atoms with E-state index in [0.717, 1.165) is 0 Å². The molecule has 0 heterocycles. The lowest BCUT2D eigenvalue weighted by molar-refractivity contribution is 0.0198. The van der Waals surface area contributed by atoms with E-state index in [9.17, 15) is 0 Å². The van der Waals surface area contributed by atoms with Gasteiger partial charge in [0.1, 0.15) is 11.5 Å². The van der Waals surface area contributed by atoms with Gasteiger partial charge in [-0.25, -0.2) is 0 Å². The maximum Gasteiger partial charge on any atom is 0.115 e. The summed E-state index contributed by atoms with van der Waals surface area (Å²) in [6, 6.07) is 17.4. The van der Waals surface area contributed by atoms with E-state index in [-0.39, 0.29) is 0 Å². The van der Waals surface area contributed by atoms with Gasteiger partial charge < -0.3 is 10.2 Å². The number of phenolic OH excluding ortho intramolecular Hbond substituents is 2. The van der Waals surface area contributed by atoms with E-state index in [1.165, 1.54) is 23.7 Å². The highest BCUT2D eigenvalue weighted by atomic mass is 16.3. The van der Waals surface area contributed by atoms with Crippen LogP contribution in [0.5, 0.6) is 11.5 Å². The minimum absolute atomic E-state index is 0.322. The molecule has 24 heavy (non-hydrogen) atoms. The number of phenols is 2. The van der Waals surface area contributed by atoms with Crippen LogP contribution in [0.15, 0.2) is 60.7 Å². The smallest absolute Gasteiger partial charge is 0.115 e. The van der Waals surface area contributed by atoms with Gasteiger partial charge in [0.2, 0.25) is 0 Å². The number of aromatic hydroxyl groups is 2. The second-order valence-corrected chi connectivity index (χ2v) is 7.55. The molecule has 2 N–H and O–H groups in total. The number of benzene rings is 2. The molecule has 0 aliphatic heterocycles. The van der Waals surface area contributed by atoms with Crippen molar-refractivity contribution in [2.75, 3.05) is 0 Å². The summed E-state index contributed by atoms with van der Waals surface area (Å²) in [6.45, 7) is 0. The zero-order chi connectivity index (χ0) is 16.8. The highest BCUT2D eigenvalue weighted by molar-refractivity contribution is 5.19. The minimum atomic E-state index is 0.322. The summed E-state index contributed by atoms with van der Waals surface area (Å²) in [5.41, 5.74) is 0. The molecule has 2 heteroatoms. The Morgan fingerprint density at radius 2 is 0.708 bits per heavy atom. The quantitative estimate of drug-likeness (QED) is 0.660. The molecule has 6 rings (SSSR count). The molecule has 0 unspecified atom stereocenters. The number of para-hydroxylation sites is 2. The van der Waals surface area contributed by atoms with E-state index in [4.69, 9.17) is 10.2 Å². The number of hydrogen-bond donors (Lipinski definition) is 2. The molecule has 0 saturated heterocycles. The van der Waals surface area contributed by atoms with Crippen LogP contribution >= 0.6 is 0 Å². The Balaban J connectivity index is 0.000000109. The molecule has 2 aromatic carbocycles. The molecule has 0 radical (unpaired) electrons. The lowest BCUT2D eigenvalue weighted by Crippen LogP contribution is -2.38. The predicted octanol–water partition coefficient (Wildman–Crippen LogP) is 5.62. The zero-order valence-electron chi connectivity index (χ0n) is 14.2. The van der Waals surface area contributed by atoms with Gasteiger partial charge in [-0.3, -0.25) is 0 Å². The van der Waals surface area contributed by atoms with Crippen molar-refractivity contribution >= 4 is 0 Å². The number of rotatable bonds is 0. The maximum absolute atomic E-state index is 8.63. The van der Waals surface area contributed by atoms with Crippen molar-refractivity contribution in [1.29, 1.82) is 0 Å². The molecule has 0 amide bonds. The average molecular weight is 324 g/mol. The van der Waals surface area contributed by atoms with E-state index in [1.54, 1.807) is 87.1 Å². The first-order valence-corrected chi connectivity index (χ1v) is 9.17. The molecule has 0 aromatic heterocycles. The SMILES string of the molecule is C1C2CC3CC1CC(C2)C3.Oc1ccccc1.Oc1ccccc1. The van der Waals surface area contributed by atoms with Crippen molar-refractivity contribution < 1.29 is 10.2 Å². The molecule has 0 spiro atoms. The van der Waals surface area contributed by atoms with Crippen LogP contribution in [0.3, 0.4) is 0 Å². The first-order chi connectivity index (χ1) is 11.7. The lowest BCUT2D eigenvalue weighted by Gasteiger charge is -2.49. The predicted molar refractivity (Wildman–Crippen MR) is 97.9 cm³/mol. The van der Waals surface area contributed by atoms with Crippen LogP contribution in [0.1, 0.15) is 38.5 Å². The van der Waals surface area contributed by atoms with Gasteiger partial charge in [-0.05, 0) is 86.5 Å². The fourth-order valence-corrected chi connectivity index (χ4v) is 4.84. The van der Waals surface area contributed by atoms with Gasteiger partial charge in [0.25, 0.3) is 0 Å². The van der Waals surface area contributed by atoms with Gasteiger partial charge in [-0.1, -0.05) is 36.4 Å². The van der Waals surface area contributed by atoms with Gasteiger partial charge >= 0.3 is 0 Å². The molecule has 0 atom stereocenters. The Morgan fingerprint density at radius 1 is 0.458 bits per heavy atom. The minimum Gasteiger partial charge on any atom is -0.508 e. The Bertz CT molecular complexity index is 500. The van der Waals surface area contributed by atoms with Crippen molar-refractivity contribution in [3.63, 3.8) is 0 Å². The molecule has 4 aliphatic carbocycles. The van der Waals surface area contributed by atoms with Gasteiger partial charge in [-0.15, -0.1) is 0 Å². The molecule has 4 bridgehead atoms. The van der Waals surface area contributed by atoms with Crippen LogP contribution in [-0.2, 0) is 0 Å². The highest BCUT2D eigenvalue weighted by Gasteiger charge is 2.41. The van der Waals surface area contributed by atoms with Crippen molar-refractivity contribution in [3.8, 4) is 11.5 Å². The molecular weight excluding hydrogens is 296 g/mol. The van der Waals surface area contributed by atoms with Crippen LogP contribution in [-0.4, -0.2) is 10.2 Å². The normalized spacial score (nSPS) is 29.0. The van der Waals surface area contributed by atoms with Gasteiger partial charge in [0, 0.05) is 0 Å². The van der Waals surface area contributed by atoms with Crippen molar-refractivity contribution in [1.82, 2.24) is 0 Å². The van der Waals surface area contributed by atoms with Crippen molar-refractivity contribution in [2.24, 2.45) is 23.7 Å². The van der Waals surface area contributed by atoms with Crippen molar-refractivity contribution in [2.45, 2.75) is 38.5 Å². The zero-order valence-corrected chi connectivity index (χ0v) is 14.2. The third kappa shape index (κ3) is 5.02. The largest absolute Gasteiger partial charge is 0.508 e. The van der Waals surface area contributed by atoms with E-state index < -0.39 is 0 Å². The lowest BCUT2D eigenvalue weighted by atomic mass is 9.56. The summed E-state index contributed by atoms with van der Waals surface area (Å²) >= 11 is 0. The summed E-state index contributed by atoms with van der Waals surface area (Å²) in [4.78, 5) is 0. The average Bonchev–Trinajstić information content (AvgIpc) is 2.56. The van der Waals surface area contributed by atoms with E-state index in [0.29, 0.717) is 11.5 Å². The Hall–Kier alpha value is -1.96. The van der Waals surface area contributed by atoms with Crippen LogP contribution in [0.4, 0.5) is 0 Å². The van der Waals surface area contributed by atoms with Crippen LogP contribution < -0.4 is 0 Å². The third-order valence-electron chi connectivity index (χ3n) is 5.51. The molecule has 4 aliphatic rings.